The lowest BCUT2D eigenvalue weighted by Gasteiger charge is -2.27. The molecule has 0 aliphatic carbocycles. The van der Waals surface area contributed by atoms with Crippen LogP contribution in [0.2, 0.25) is 0 Å². The Morgan fingerprint density at radius 3 is 1.80 bits per heavy atom. The van der Waals surface area contributed by atoms with E-state index in [0.29, 0.717) is 0 Å². The summed E-state index contributed by atoms with van der Waals surface area (Å²) in [5, 5.41) is 17.5. The van der Waals surface area contributed by atoms with Crippen molar-refractivity contribution in [1.29, 1.82) is 0 Å². The fraction of sp³-hybridized carbons (Fsp3) is 1.00. The lowest BCUT2D eigenvalue weighted by molar-refractivity contribution is -0.121. The predicted octanol–water partition coefficient (Wildman–Crippen LogP) is 0.155. The van der Waals surface area contributed by atoms with E-state index in [9.17, 15) is 0 Å². The second-order valence-corrected chi connectivity index (χ2v) is 2.93. The Morgan fingerprint density at radius 1 is 1.30 bits per heavy atom. The molecule has 3 nitrogen and oxygen atoms in total. The van der Waals surface area contributed by atoms with E-state index in [1.165, 1.54) is 0 Å². The van der Waals surface area contributed by atoms with Crippen LogP contribution in [0.1, 0.15) is 20.8 Å². The molecule has 0 aliphatic heterocycles. The third kappa shape index (κ3) is 3.15. The molecule has 0 aromatic carbocycles. The van der Waals surface area contributed by atoms with Gasteiger partial charge in [0.1, 0.15) is 5.60 Å². The van der Waals surface area contributed by atoms with Gasteiger partial charge in [-0.2, -0.15) is 0 Å². The zero-order valence-corrected chi connectivity index (χ0v) is 6.79. The van der Waals surface area contributed by atoms with Gasteiger partial charge < -0.3 is 14.9 Å². The van der Waals surface area contributed by atoms with E-state index in [4.69, 9.17) is 14.9 Å². The zero-order chi connectivity index (χ0) is 8.20. The minimum Gasteiger partial charge on any atom is -0.393 e. The molecule has 0 atom stereocenters. The maximum atomic E-state index is 8.75. The van der Waals surface area contributed by atoms with Gasteiger partial charge in [-0.15, -0.1) is 0 Å². The summed E-state index contributed by atoms with van der Waals surface area (Å²) in [6.45, 7) is 5.10. The van der Waals surface area contributed by atoms with Gasteiger partial charge in [-0.1, -0.05) is 0 Å². The van der Waals surface area contributed by atoms with Crippen molar-refractivity contribution in [3.8, 4) is 0 Å². The fourth-order valence-corrected chi connectivity index (χ4v) is 0.694. The Bertz CT molecular complexity index is 86.9. The number of aliphatic hydroxyl groups is 2. The van der Waals surface area contributed by atoms with E-state index in [1.54, 1.807) is 6.92 Å². The van der Waals surface area contributed by atoms with E-state index in [0.717, 1.165) is 0 Å². The lowest BCUT2D eigenvalue weighted by Crippen LogP contribution is -2.39. The highest BCUT2D eigenvalue weighted by Gasteiger charge is 2.23. The molecule has 0 heterocycles. The molecule has 0 rings (SSSR count). The first-order valence-electron chi connectivity index (χ1n) is 3.43. The standard InChI is InChI=1S/C7H16O3/c1-6(2)10-7(3,4-8)5-9/h6,8-9H,4-5H2,1-3H3. The van der Waals surface area contributed by atoms with Crippen molar-refractivity contribution in [3.63, 3.8) is 0 Å². The molecular formula is C7H16O3. The van der Waals surface area contributed by atoms with Crippen LogP contribution >= 0.6 is 0 Å². The zero-order valence-electron chi connectivity index (χ0n) is 6.79. The molecule has 0 aromatic rings. The molecule has 0 saturated carbocycles. The Morgan fingerprint density at radius 2 is 1.70 bits per heavy atom. The van der Waals surface area contributed by atoms with Crippen molar-refractivity contribution in [2.75, 3.05) is 13.2 Å². The molecule has 0 radical (unpaired) electrons. The molecule has 0 unspecified atom stereocenters. The van der Waals surface area contributed by atoms with Crippen LogP contribution in [0.15, 0.2) is 0 Å². The second kappa shape index (κ2) is 3.91. The summed E-state index contributed by atoms with van der Waals surface area (Å²) >= 11 is 0. The molecule has 0 bridgehead atoms. The molecule has 0 amide bonds. The van der Waals surface area contributed by atoms with Crippen molar-refractivity contribution in [2.24, 2.45) is 0 Å². The summed E-state index contributed by atoms with van der Waals surface area (Å²) in [6, 6.07) is 0. The van der Waals surface area contributed by atoms with Gasteiger partial charge in [-0.3, -0.25) is 0 Å². The summed E-state index contributed by atoms with van der Waals surface area (Å²) in [7, 11) is 0. The first-order valence-corrected chi connectivity index (χ1v) is 3.43. The maximum absolute atomic E-state index is 8.75. The minimum absolute atomic E-state index is 0.0318. The lowest BCUT2D eigenvalue weighted by atomic mass is 10.1. The van der Waals surface area contributed by atoms with E-state index in [-0.39, 0.29) is 19.3 Å². The van der Waals surface area contributed by atoms with Crippen LogP contribution < -0.4 is 0 Å². The number of ether oxygens (including phenoxy) is 1. The van der Waals surface area contributed by atoms with Crippen LogP contribution in [-0.4, -0.2) is 35.1 Å². The SMILES string of the molecule is CC(C)OC(C)(CO)CO. The highest BCUT2D eigenvalue weighted by atomic mass is 16.5. The van der Waals surface area contributed by atoms with Crippen molar-refractivity contribution < 1.29 is 14.9 Å². The smallest absolute Gasteiger partial charge is 0.112 e. The van der Waals surface area contributed by atoms with Crippen LogP contribution in [0.25, 0.3) is 0 Å². The normalized spacial score (nSPS) is 12.6. The minimum atomic E-state index is -0.784. The highest BCUT2D eigenvalue weighted by Crippen LogP contribution is 2.10. The van der Waals surface area contributed by atoms with Crippen molar-refractivity contribution in [3.05, 3.63) is 0 Å². The van der Waals surface area contributed by atoms with Gasteiger partial charge in [0.05, 0.1) is 19.3 Å². The van der Waals surface area contributed by atoms with Crippen LogP contribution in [0.5, 0.6) is 0 Å². The Kier molecular flexibility index (Phi) is 3.86. The van der Waals surface area contributed by atoms with Crippen molar-refractivity contribution in [1.82, 2.24) is 0 Å². The average molecular weight is 148 g/mol. The van der Waals surface area contributed by atoms with Gasteiger partial charge >= 0.3 is 0 Å². The van der Waals surface area contributed by atoms with E-state index in [1.807, 2.05) is 13.8 Å². The van der Waals surface area contributed by atoms with Crippen molar-refractivity contribution in [2.45, 2.75) is 32.5 Å². The molecule has 0 aromatic heterocycles. The Hall–Kier alpha value is -0.120. The van der Waals surface area contributed by atoms with Gasteiger partial charge in [-0.25, -0.2) is 0 Å². The van der Waals surface area contributed by atoms with Gasteiger partial charge in [0.15, 0.2) is 0 Å². The maximum Gasteiger partial charge on any atom is 0.112 e. The van der Waals surface area contributed by atoms with Crippen LogP contribution in [-0.2, 0) is 4.74 Å². The number of hydrogen-bond acceptors (Lipinski definition) is 3. The van der Waals surface area contributed by atoms with E-state index >= 15 is 0 Å². The third-order valence-corrected chi connectivity index (χ3v) is 1.19. The van der Waals surface area contributed by atoms with Gasteiger partial charge in [0.2, 0.25) is 0 Å². The monoisotopic (exact) mass is 148 g/mol. The number of aliphatic hydroxyl groups excluding tert-OH is 2. The molecule has 3 heteroatoms. The first-order chi connectivity index (χ1) is 4.54. The van der Waals surface area contributed by atoms with Crippen molar-refractivity contribution >= 4 is 0 Å². The van der Waals surface area contributed by atoms with Gasteiger partial charge in [0.25, 0.3) is 0 Å². The third-order valence-electron chi connectivity index (χ3n) is 1.19. The largest absolute Gasteiger partial charge is 0.393 e. The fourth-order valence-electron chi connectivity index (χ4n) is 0.694. The summed E-state index contributed by atoms with van der Waals surface area (Å²) in [4.78, 5) is 0. The molecule has 0 saturated heterocycles. The second-order valence-electron chi connectivity index (χ2n) is 2.93. The van der Waals surface area contributed by atoms with Gasteiger partial charge in [-0.05, 0) is 20.8 Å². The highest BCUT2D eigenvalue weighted by molar-refractivity contribution is 4.72. The Labute approximate surface area is 61.6 Å². The van der Waals surface area contributed by atoms with Gasteiger partial charge in [0, 0.05) is 0 Å². The van der Waals surface area contributed by atoms with E-state index < -0.39 is 5.60 Å². The number of rotatable bonds is 4. The molecule has 0 aliphatic rings. The molecule has 2 N–H and O–H groups in total. The summed E-state index contributed by atoms with van der Waals surface area (Å²) in [5.74, 6) is 0. The molecule has 0 fully saturated rings. The summed E-state index contributed by atoms with van der Waals surface area (Å²) < 4.78 is 5.24. The predicted molar refractivity (Wildman–Crippen MR) is 38.8 cm³/mol. The molecular weight excluding hydrogens is 132 g/mol. The first kappa shape index (κ1) is 9.88. The van der Waals surface area contributed by atoms with Crippen LogP contribution in [0.3, 0.4) is 0 Å². The molecule has 62 valence electrons. The summed E-state index contributed by atoms with van der Waals surface area (Å²) in [5.41, 5.74) is -0.784. The molecule has 0 spiro atoms. The van der Waals surface area contributed by atoms with Crippen LogP contribution in [0.4, 0.5) is 0 Å². The summed E-state index contributed by atoms with van der Waals surface area (Å²) in [6.07, 6.45) is 0.0318. The Balaban J connectivity index is 3.80. The average Bonchev–Trinajstić information content (AvgIpc) is 1.87. The van der Waals surface area contributed by atoms with Crippen LogP contribution in [0, 0.1) is 0 Å². The topological polar surface area (TPSA) is 49.7 Å². The quantitative estimate of drug-likeness (QED) is 0.597. The van der Waals surface area contributed by atoms with E-state index in [2.05, 4.69) is 0 Å². The number of hydrogen-bond donors (Lipinski definition) is 2. The molecule has 10 heavy (non-hydrogen) atoms.